The zero-order valence-electron chi connectivity index (χ0n) is 16.7. The fraction of sp³-hybridized carbons (Fsp3) is 0.545. The molecule has 1 aliphatic heterocycles. The lowest BCUT2D eigenvalue weighted by Crippen LogP contribution is -2.38. The molecule has 0 spiro atoms. The van der Waals surface area contributed by atoms with E-state index in [0.717, 1.165) is 43.7 Å². The van der Waals surface area contributed by atoms with E-state index in [2.05, 4.69) is 56.0 Å². The van der Waals surface area contributed by atoms with Crippen molar-refractivity contribution in [2.24, 2.45) is 13.0 Å². The minimum Gasteiger partial charge on any atom is -0.298 e. The highest BCUT2D eigenvalue weighted by molar-refractivity contribution is 5.98. The van der Waals surface area contributed by atoms with Crippen LogP contribution >= 0.6 is 0 Å². The number of carbonyl (C=O) groups excluding carboxylic acids is 1. The van der Waals surface area contributed by atoms with Crippen LogP contribution in [-0.4, -0.2) is 33.6 Å². The van der Waals surface area contributed by atoms with Crippen LogP contribution in [0.15, 0.2) is 30.5 Å². The van der Waals surface area contributed by atoms with Gasteiger partial charge < -0.3 is 0 Å². The Labute approximate surface area is 157 Å². The van der Waals surface area contributed by atoms with E-state index in [9.17, 15) is 4.79 Å². The largest absolute Gasteiger partial charge is 0.298 e. The molecule has 1 aliphatic rings. The van der Waals surface area contributed by atoms with E-state index in [4.69, 9.17) is 0 Å². The fourth-order valence-electron chi connectivity index (χ4n) is 3.83. The number of hydrogen-bond acceptors (Lipinski definition) is 3. The summed E-state index contributed by atoms with van der Waals surface area (Å²) in [5, 5.41) is 4.43. The number of nitrogens with zero attached hydrogens (tertiary/aromatic N) is 3. The fourth-order valence-corrected chi connectivity index (χ4v) is 3.83. The van der Waals surface area contributed by atoms with Crippen molar-refractivity contribution in [2.75, 3.05) is 13.1 Å². The number of piperidine rings is 1. The van der Waals surface area contributed by atoms with Crippen LogP contribution in [0.1, 0.15) is 60.8 Å². The van der Waals surface area contributed by atoms with Gasteiger partial charge in [-0.1, -0.05) is 45.0 Å². The van der Waals surface area contributed by atoms with E-state index in [1.54, 1.807) is 0 Å². The molecule has 2 heterocycles. The molecule has 0 aliphatic carbocycles. The average molecular weight is 354 g/mol. The van der Waals surface area contributed by atoms with Gasteiger partial charge in [0.2, 0.25) is 0 Å². The van der Waals surface area contributed by atoms with E-state index in [-0.39, 0.29) is 17.1 Å². The first-order chi connectivity index (χ1) is 12.2. The monoisotopic (exact) mass is 353 g/mol. The van der Waals surface area contributed by atoms with E-state index in [1.165, 1.54) is 11.1 Å². The van der Waals surface area contributed by atoms with E-state index >= 15 is 0 Å². The Kier molecular flexibility index (Phi) is 5.33. The lowest BCUT2D eigenvalue weighted by atomic mass is 9.85. The first-order valence-corrected chi connectivity index (χ1v) is 9.60. The molecule has 26 heavy (non-hydrogen) atoms. The molecule has 4 heteroatoms. The Morgan fingerprint density at radius 3 is 2.50 bits per heavy atom. The minimum atomic E-state index is 0.0983. The number of Topliss-reactive ketones (excluding diaryl/α,β-unsaturated/α-hetero) is 1. The smallest absolute Gasteiger partial charge is 0.167 e. The predicted molar refractivity (Wildman–Crippen MR) is 105 cm³/mol. The zero-order valence-corrected chi connectivity index (χ0v) is 16.7. The van der Waals surface area contributed by atoms with Crippen molar-refractivity contribution in [3.05, 3.63) is 52.8 Å². The van der Waals surface area contributed by atoms with Gasteiger partial charge in [-0.3, -0.25) is 14.4 Å². The Morgan fingerprint density at radius 2 is 1.92 bits per heavy atom. The number of rotatable bonds is 4. The van der Waals surface area contributed by atoms with Crippen LogP contribution in [0.2, 0.25) is 0 Å². The van der Waals surface area contributed by atoms with Crippen molar-refractivity contribution in [1.29, 1.82) is 0 Å². The van der Waals surface area contributed by atoms with Crippen molar-refractivity contribution in [2.45, 2.75) is 52.5 Å². The van der Waals surface area contributed by atoms with Crippen molar-refractivity contribution >= 4 is 5.78 Å². The maximum absolute atomic E-state index is 13.0. The third-order valence-electron chi connectivity index (χ3n) is 5.42. The van der Waals surface area contributed by atoms with Gasteiger partial charge in [0.25, 0.3) is 0 Å². The molecule has 1 aromatic carbocycles. The van der Waals surface area contributed by atoms with Crippen LogP contribution in [0.3, 0.4) is 0 Å². The Hall–Kier alpha value is -1.94. The SMILES string of the molecule is Cc1nn(C)cc1CN1CCCC(C(=O)c2ccc(C(C)(C)C)cc2)C1. The average Bonchev–Trinajstić information content (AvgIpc) is 2.91. The first kappa shape index (κ1) is 18.8. The zero-order chi connectivity index (χ0) is 18.9. The lowest BCUT2D eigenvalue weighted by molar-refractivity contribution is 0.0811. The highest BCUT2D eigenvalue weighted by Gasteiger charge is 2.27. The molecule has 0 saturated carbocycles. The van der Waals surface area contributed by atoms with Gasteiger partial charge >= 0.3 is 0 Å². The molecule has 2 aromatic rings. The van der Waals surface area contributed by atoms with Crippen LogP contribution in [0.5, 0.6) is 0 Å². The van der Waals surface area contributed by atoms with Gasteiger partial charge in [0.15, 0.2) is 5.78 Å². The molecule has 1 atom stereocenters. The number of benzene rings is 1. The maximum Gasteiger partial charge on any atom is 0.167 e. The molecular formula is C22H31N3O. The number of aryl methyl sites for hydroxylation is 2. The molecule has 1 unspecified atom stereocenters. The molecule has 0 radical (unpaired) electrons. The summed E-state index contributed by atoms with van der Waals surface area (Å²) in [6, 6.07) is 8.22. The van der Waals surface area contributed by atoms with Crippen molar-refractivity contribution < 1.29 is 4.79 Å². The Bertz CT molecular complexity index is 768. The number of aromatic nitrogens is 2. The van der Waals surface area contributed by atoms with Crippen LogP contribution in [0.4, 0.5) is 0 Å². The van der Waals surface area contributed by atoms with Crippen LogP contribution in [0.25, 0.3) is 0 Å². The van der Waals surface area contributed by atoms with Gasteiger partial charge in [0.1, 0.15) is 0 Å². The molecule has 1 fully saturated rings. The molecule has 0 bridgehead atoms. The molecule has 1 saturated heterocycles. The molecule has 0 amide bonds. The van der Waals surface area contributed by atoms with Crippen molar-refractivity contribution in [3.8, 4) is 0 Å². The standard InChI is InChI=1S/C22H31N3O/c1-16-19(13-24(5)23-16)15-25-12-6-7-18(14-25)21(26)17-8-10-20(11-9-17)22(2,3)4/h8-11,13,18H,6-7,12,14-15H2,1-5H3. The van der Waals surface area contributed by atoms with Gasteiger partial charge in [-0.2, -0.15) is 5.10 Å². The summed E-state index contributed by atoms with van der Waals surface area (Å²) in [6.07, 6.45) is 4.16. The highest BCUT2D eigenvalue weighted by Crippen LogP contribution is 2.26. The van der Waals surface area contributed by atoms with Crippen LogP contribution in [-0.2, 0) is 19.0 Å². The molecule has 140 valence electrons. The van der Waals surface area contributed by atoms with E-state index in [1.807, 2.05) is 23.9 Å². The van der Waals surface area contributed by atoms with E-state index < -0.39 is 0 Å². The second-order valence-electron chi connectivity index (χ2n) is 8.68. The molecule has 4 nitrogen and oxygen atoms in total. The summed E-state index contributed by atoms with van der Waals surface area (Å²) in [4.78, 5) is 15.4. The second-order valence-corrected chi connectivity index (χ2v) is 8.68. The molecular weight excluding hydrogens is 322 g/mol. The van der Waals surface area contributed by atoms with Gasteiger partial charge in [-0.25, -0.2) is 0 Å². The van der Waals surface area contributed by atoms with Gasteiger partial charge in [0, 0.05) is 43.4 Å². The molecule has 1 aromatic heterocycles. The topological polar surface area (TPSA) is 38.1 Å². The summed E-state index contributed by atoms with van der Waals surface area (Å²) in [6.45, 7) is 11.4. The second kappa shape index (κ2) is 7.36. The number of carbonyl (C=O) groups is 1. The van der Waals surface area contributed by atoms with Crippen LogP contribution in [0, 0.1) is 12.8 Å². The summed E-state index contributed by atoms with van der Waals surface area (Å²) < 4.78 is 1.87. The first-order valence-electron chi connectivity index (χ1n) is 9.60. The number of ketones is 1. The highest BCUT2D eigenvalue weighted by atomic mass is 16.1. The normalized spacial score (nSPS) is 18.9. The van der Waals surface area contributed by atoms with Crippen molar-refractivity contribution in [1.82, 2.24) is 14.7 Å². The minimum absolute atomic E-state index is 0.0983. The summed E-state index contributed by atoms with van der Waals surface area (Å²) in [7, 11) is 1.96. The predicted octanol–water partition coefficient (Wildman–Crippen LogP) is 4.12. The van der Waals surface area contributed by atoms with E-state index in [0.29, 0.717) is 0 Å². The summed E-state index contributed by atoms with van der Waals surface area (Å²) in [5.74, 6) is 0.388. The van der Waals surface area contributed by atoms with Crippen molar-refractivity contribution in [3.63, 3.8) is 0 Å². The molecule has 3 rings (SSSR count). The van der Waals surface area contributed by atoms with Gasteiger partial charge in [0.05, 0.1) is 5.69 Å². The maximum atomic E-state index is 13.0. The third-order valence-corrected chi connectivity index (χ3v) is 5.42. The number of hydrogen-bond donors (Lipinski definition) is 0. The van der Waals surface area contributed by atoms with Crippen LogP contribution < -0.4 is 0 Å². The van der Waals surface area contributed by atoms with Gasteiger partial charge in [-0.15, -0.1) is 0 Å². The number of likely N-dealkylation sites (tertiary alicyclic amines) is 1. The summed E-state index contributed by atoms with van der Waals surface area (Å²) in [5.41, 5.74) is 4.58. The lowest BCUT2D eigenvalue weighted by Gasteiger charge is -2.32. The van der Waals surface area contributed by atoms with Gasteiger partial charge in [-0.05, 0) is 37.3 Å². The Morgan fingerprint density at radius 1 is 1.23 bits per heavy atom. The summed E-state index contributed by atoms with van der Waals surface area (Å²) >= 11 is 0. The Balaban J connectivity index is 1.67. The third kappa shape index (κ3) is 4.24. The molecule has 0 N–H and O–H groups in total. The quantitative estimate of drug-likeness (QED) is 0.776.